The van der Waals surface area contributed by atoms with Gasteiger partial charge in [-0.25, -0.2) is 9.59 Å². The van der Waals surface area contributed by atoms with Gasteiger partial charge in [-0.1, -0.05) is 88.8 Å². The number of nitrogens with one attached hydrogen (secondary N) is 6. The lowest BCUT2D eigenvalue weighted by Crippen LogP contribution is -2.59. The van der Waals surface area contributed by atoms with E-state index in [0.29, 0.717) is 12.0 Å². The number of nitrogens with zero attached hydrogens (tertiary/aromatic N) is 2. The molecule has 0 unspecified atom stereocenters. The largest absolute Gasteiger partial charge is 0.480 e. The van der Waals surface area contributed by atoms with E-state index >= 15 is 0 Å². The molecule has 1 aromatic carbocycles. The summed E-state index contributed by atoms with van der Waals surface area (Å²) in [5.41, 5.74) is 12.8. The summed E-state index contributed by atoms with van der Waals surface area (Å²) in [6.07, 6.45) is 4.48. The van der Waals surface area contributed by atoms with Crippen LogP contribution in [-0.2, 0) is 54.3 Å². The summed E-state index contributed by atoms with van der Waals surface area (Å²) in [5.74, 6) is -12.8. The molecule has 23 nitrogen and oxygen atoms in total. The van der Waals surface area contributed by atoms with E-state index in [-0.39, 0.29) is 49.7 Å². The molecule has 400 valence electrons. The third-order valence-electron chi connectivity index (χ3n) is 12.3. The maximum absolute atomic E-state index is 14.4. The Hall–Kier alpha value is -6.88. The number of aliphatic imine (C=N–C) groups is 1. The summed E-state index contributed by atoms with van der Waals surface area (Å²) in [6, 6.07) is -0.737. The van der Waals surface area contributed by atoms with Crippen LogP contribution in [0.15, 0.2) is 59.1 Å². The van der Waals surface area contributed by atoms with Crippen molar-refractivity contribution >= 4 is 59.2 Å². The van der Waals surface area contributed by atoms with Crippen LogP contribution in [0.1, 0.15) is 86.1 Å². The molecule has 0 aromatic heterocycles. The molecule has 7 amide bonds. The Bertz CT molecular complexity index is 2130. The zero-order chi connectivity index (χ0) is 54.4. The summed E-state index contributed by atoms with van der Waals surface area (Å²) in [5, 5.41) is 45.6. The van der Waals surface area contributed by atoms with Gasteiger partial charge in [0.05, 0.1) is 30.6 Å². The Kier molecular flexibility index (Phi) is 25.6. The fourth-order valence-electron chi connectivity index (χ4n) is 7.75. The van der Waals surface area contributed by atoms with Gasteiger partial charge in [0.25, 0.3) is 0 Å². The van der Waals surface area contributed by atoms with Crippen LogP contribution >= 0.6 is 0 Å². The van der Waals surface area contributed by atoms with E-state index in [1.165, 1.54) is 33.9 Å². The molecule has 1 heterocycles. The molecule has 0 bridgehead atoms. The van der Waals surface area contributed by atoms with Gasteiger partial charge in [-0.15, -0.1) is 0 Å². The lowest BCUT2D eigenvalue weighted by Gasteiger charge is -2.29. The topological polar surface area (TPSA) is 363 Å². The van der Waals surface area contributed by atoms with Crippen molar-refractivity contribution in [2.45, 2.75) is 135 Å². The average Bonchev–Trinajstić information content (AvgIpc) is 3.31. The third-order valence-corrected chi connectivity index (χ3v) is 12.3. The molecular weight excluding hydrogens is 937 g/mol. The van der Waals surface area contributed by atoms with Crippen molar-refractivity contribution in [3.05, 3.63) is 59.7 Å². The minimum Gasteiger partial charge on any atom is -0.480 e. The van der Waals surface area contributed by atoms with Gasteiger partial charge in [0.1, 0.15) is 36.3 Å². The Balaban J connectivity index is 2.75. The normalized spacial score (nSPS) is 26.2. The van der Waals surface area contributed by atoms with Crippen LogP contribution in [0.3, 0.4) is 0 Å². The van der Waals surface area contributed by atoms with Crippen LogP contribution in [0, 0.1) is 23.7 Å². The summed E-state index contributed by atoms with van der Waals surface area (Å²) in [6.45, 7) is 10.2. The van der Waals surface area contributed by atoms with Crippen LogP contribution in [0.2, 0.25) is 0 Å². The number of benzene rings is 1. The van der Waals surface area contributed by atoms with E-state index in [1.54, 1.807) is 34.0 Å². The molecule has 2 rings (SSSR count). The lowest BCUT2D eigenvalue weighted by molar-refractivity contribution is -0.146. The number of aliphatic carboxylic acids is 2. The number of likely N-dealkylation sites (N-methyl/N-ethyl adjacent to an activating group) is 1. The predicted octanol–water partition coefficient (Wildman–Crippen LogP) is -0.534. The number of rotatable bonds is 16. The second kappa shape index (κ2) is 30.1. The molecular formula is C49H76N10O13. The smallest absolute Gasteiger partial charge is 0.327 e. The number of hydrogen-bond donors (Lipinski definition) is 11. The molecule has 1 aromatic rings. The van der Waals surface area contributed by atoms with Crippen LogP contribution in [0.4, 0.5) is 0 Å². The van der Waals surface area contributed by atoms with Crippen molar-refractivity contribution in [1.82, 2.24) is 36.8 Å². The molecule has 0 spiro atoms. The molecule has 0 saturated carbocycles. The number of aliphatic hydroxyl groups is 1. The SMILES string of the molecule is CO[C@@H](Cc1ccccc1)[C@@H](C)C=C(C)C=C[C@@H]1NC(=O)[C@H](CCCN=C(N)N)NC(=O)[C@@H](C)[C@H](C(=O)O)NC(=O)[C@H](CC(C)C)NC(=O)[C@@H](C)NC(=O)[C@@H](CO)N(C)C(=O)CC[C@H](C(=O)O)NC(=O)[C@H]1C. The highest BCUT2D eigenvalue weighted by Gasteiger charge is 2.38. The van der Waals surface area contributed by atoms with Gasteiger partial charge in [0, 0.05) is 33.0 Å². The molecule has 1 aliphatic heterocycles. The Morgan fingerprint density at radius 2 is 1.43 bits per heavy atom. The monoisotopic (exact) mass is 1010 g/mol. The average molecular weight is 1010 g/mol. The van der Waals surface area contributed by atoms with Crippen LogP contribution in [0.5, 0.6) is 0 Å². The van der Waals surface area contributed by atoms with E-state index in [4.69, 9.17) is 16.2 Å². The molecule has 1 aliphatic rings. The predicted molar refractivity (Wildman–Crippen MR) is 266 cm³/mol. The van der Waals surface area contributed by atoms with Gasteiger partial charge in [-0.3, -0.25) is 38.6 Å². The van der Waals surface area contributed by atoms with Gasteiger partial charge in [0.2, 0.25) is 41.4 Å². The molecule has 11 atom stereocenters. The number of hydrogen-bond acceptors (Lipinski definition) is 12. The van der Waals surface area contributed by atoms with E-state index < -0.39 is 127 Å². The maximum atomic E-state index is 14.4. The summed E-state index contributed by atoms with van der Waals surface area (Å²) in [7, 11) is 2.79. The summed E-state index contributed by atoms with van der Waals surface area (Å²) < 4.78 is 5.81. The van der Waals surface area contributed by atoms with Crippen molar-refractivity contribution in [1.29, 1.82) is 0 Å². The van der Waals surface area contributed by atoms with Gasteiger partial charge in [-0.2, -0.15) is 0 Å². The van der Waals surface area contributed by atoms with Gasteiger partial charge >= 0.3 is 11.9 Å². The van der Waals surface area contributed by atoms with Gasteiger partial charge in [-0.05, 0) is 57.4 Å². The van der Waals surface area contributed by atoms with Crippen LogP contribution < -0.4 is 43.4 Å². The van der Waals surface area contributed by atoms with Gasteiger partial charge in [0.15, 0.2) is 5.96 Å². The first-order chi connectivity index (χ1) is 33.8. The highest BCUT2D eigenvalue weighted by atomic mass is 16.5. The number of carboxylic acid groups (broad SMARTS) is 2. The van der Waals surface area contributed by atoms with E-state index in [1.807, 2.05) is 43.3 Å². The van der Waals surface area contributed by atoms with E-state index in [0.717, 1.165) is 10.5 Å². The molecule has 1 fully saturated rings. The minimum absolute atomic E-state index is 0.0152. The number of guanidine groups is 1. The van der Waals surface area contributed by atoms with Crippen molar-refractivity contribution in [3.63, 3.8) is 0 Å². The maximum Gasteiger partial charge on any atom is 0.327 e. The first-order valence-corrected chi connectivity index (χ1v) is 23.9. The van der Waals surface area contributed by atoms with Gasteiger partial charge < -0.3 is 68.3 Å². The second-order valence-corrected chi connectivity index (χ2v) is 18.6. The van der Waals surface area contributed by atoms with Crippen LogP contribution in [0.25, 0.3) is 0 Å². The number of carbonyl (C=O) groups excluding carboxylic acids is 7. The number of carboxylic acids is 2. The zero-order valence-corrected chi connectivity index (χ0v) is 42.7. The van der Waals surface area contributed by atoms with Crippen molar-refractivity contribution in [3.8, 4) is 0 Å². The fourth-order valence-corrected chi connectivity index (χ4v) is 7.75. The van der Waals surface area contributed by atoms with E-state index in [2.05, 4.69) is 36.9 Å². The lowest BCUT2D eigenvalue weighted by atomic mass is 9.94. The Labute approximate surface area is 420 Å². The number of aliphatic hydroxyl groups excluding tert-OH is 1. The van der Waals surface area contributed by atoms with Crippen molar-refractivity contribution < 1.29 is 63.2 Å². The number of carbonyl (C=O) groups is 9. The zero-order valence-electron chi connectivity index (χ0n) is 42.7. The van der Waals surface area contributed by atoms with Crippen molar-refractivity contribution in [2.75, 3.05) is 27.3 Å². The first kappa shape index (κ1) is 61.2. The standard InChI is InChI=1S/C49H76N10O13/c1-26(2)22-36-45(66)58-40(48(70)71)30(6)42(63)55-34(16-13-21-52-49(50)51)44(65)54-33(18-17-27(3)23-28(4)38(72-9)24-32-14-11-10-12-15-32)29(5)41(62)56-35(47(68)69)19-20-39(61)59(8)37(25-60)46(67)53-31(7)43(64)57-36/h10-12,14-15,17-18,23,26,28-31,33-38,40,60H,13,16,19-22,24-25H2,1-9H3,(H,53,67)(H,54,65)(H,55,63)(H,56,62)(H,57,64)(H,58,66)(H,68,69)(H,70,71)(H4,50,51,52)/t28-,29-,30-,31+,33-,34-,35+,36-,37+,38-,40+/m0/s1. The highest BCUT2D eigenvalue weighted by Crippen LogP contribution is 2.19. The molecule has 0 aliphatic carbocycles. The minimum atomic E-state index is -1.90. The quantitative estimate of drug-likeness (QED) is 0.0429. The number of allylic oxidation sites excluding steroid dienone is 2. The number of amides is 7. The molecule has 23 heteroatoms. The van der Waals surface area contributed by atoms with E-state index in [9.17, 15) is 58.5 Å². The number of nitrogens with two attached hydrogens (primary N) is 2. The summed E-state index contributed by atoms with van der Waals surface area (Å²) in [4.78, 5) is 126. The number of methoxy groups -OCH3 is 1. The Morgan fingerprint density at radius 3 is 2.00 bits per heavy atom. The number of ether oxygens (including phenoxy) is 1. The molecule has 13 N–H and O–H groups in total. The second-order valence-electron chi connectivity index (χ2n) is 18.6. The highest BCUT2D eigenvalue weighted by molar-refractivity contribution is 5.97. The molecule has 72 heavy (non-hydrogen) atoms. The summed E-state index contributed by atoms with van der Waals surface area (Å²) >= 11 is 0. The fraction of sp³-hybridized carbons (Fsp3) is 0.592. The van der Waals surface area contributed by atoms with Crippen molar-refractivity contribution in [2.24, 2.45) is 40.1 Å². The first-order valence-electron chi connectivity index (χ1n) is 23.9. The third kappa shape index (κ3) is 20.1. The molecule has 1 saturated heterocycles. The Morgan fingerprint density at radius 1 is 0.819 bits per heavy atom. The molecule has 0 radical (unpaired) electrons. The van der Waals surface area contributed by atoms with Crippen LogP contribution in [-0.4, -0.2) is 155 Å².